The van der Waals surface area contributed by atoms with E-state index in [1.54, 1.807) is 24.2 Å². The molecule has 3 saturated carbocycles. The van der Waals surface area contributed by atoms with Gasteiger partial charge in [-0.05, 0) is 94.6 Å². The maximum Gasteiger partial charge on any atom is 0.240 e. The van der Waals surface area contributed by atoms with Crippen LogP contribution in [0.4, 0.5) is 0 Å². The van der Waals surface area contributed by atoms with Crippen LogP contribution in [-0.2, 0) is 40.4 Å². The maximum atomic E-state index is 15.3. The molecule has 6 bridgehead atoms. The van der Waals surface area contributed by atoms with Crippen LogP contribution in [0.25, 0.3) is 10.9 Å². The molecule has 62 heavy (non-hydrogen) atoms. The summed E-state index contributed by atoms with van der Waals surface area (Å²) in [6, 6.07) is 4.74. The number of fused-ring (bicyclic) bond motifs is 10. The van der Waals surface area contributed by atoms with Crippen LogP contribution in [-0.4, -0.2) is 110 Å². The van der Waals surface area contributed by atoms with Crippen LogP contribution in [0.3, 0.4) is 0 Å². The molecule has 2 aromatic rings. The second-order valence-electron chi connectivity index (χ2n) is 18.5. The SMILES string of the molecule is C=C[C@H]1C[C@]1(CC(=O)[C@@H]1C[C@H]2CN1C(=O)[C@H](C1CCCCC1)CC(=O)N1CCC(CC1)OCCCCCc1cc3c(cc(OCC)nc3cc1OC)O2)C(=O)NS(=O)(=O)C1CC1. The molecule has 338 valence electrons. The van der Waals surface area contributed by atoms with E-state index in [-0.39, 0.29) is 61.8 Å². The molecule has 2 saturated heterocycles. The second-order valence-corrected chi connectivity index (χ2v) is 20.5. The zero-order chi connectivity index (χ0) is 43.6. The third-order valence-electron chi connectivity index (χ3n) is 14.4. The molecule has 3 amide bonds. The molecule has 15 heteroatoms. The number of nitrogens with zero attached hydrogens (tertiary/aromatic N) is 3. The first-order valence-corrected chi connectivity index (χ1v) is 24.7. The summed E-state index contributed by atoms with van der Waals surface area (Å²) in [6.45, 7) is 8.03. The molecule has 9 rings (SSSR count). The highest BCUT2D eigenvalue weighted by Crippen LogP contribution is 2.57. The number of methoxy groups -OCH3 is 1. The zero-order valence-corrected chi connectivity index (χ0v) is 37.3. The Morgan fingerprint density at radius 3 is 2.45 bits per heavy atom. The van der Waals surface area contributed by atoms with Crippen molar-refractivity contribution in [2.24, 2.45) is 23.2 Å². The number of hydrogen-bond acceptors (Lipinski definition) is 11. The van der Waals surface area contributed by atoms with E-state index in [4.69, 9.17) is 23.9 Å². The Morgan fingerprint density at radius 2 is 1.76 bits per heavy atom. The number of carbonyl (C=O) groups excluding carboxylic acids is 4. The molecule has 0 unspecified atom stereocenters. The minimum absolute atomic E-state index is 0.0213. The Kier molecular flexibility index (Phi) is 13.5. The molecule has 7 aliphatic rings. The third-order valence-corrected chi connectivity index (χ3v) is 16.2. The first-order chi connectivity index (χ1) is 29.9. The van der Waals surface area contributed by atoms with Gasteiger partial charge in [0.25, 0.3) is 0 Å². The number of Topliss-reactive ketones (excluding diaryl/α,β-unsaturated/α-hetero) is 1. The maximum absolute atomic E-state index is 15.3. The van der Waals surface area contributed by atoms with Gasteiger partial charge in [-0.2, -0.15) is 0 Å². The number of sulfonamides is 1. The van der Waals surface area contributed by atoms with E-state index in [9.17, 15) is 22.8 Å². The van der Waals surface area contributed by atoms with E-state index in [1.165, 1.54) is 0 Å². The number of aryl methyl sites for hydroxylation is 1. The van der Waals surface area contributed by atoms with E-state index < -0.39 is 50.6 Å². The van der Waals surface area contributed by atoms with Gasteiger partial charge >= 0.3 is 0 Å². The highest BCUT2D eigenvalue weighted by atomic mass is 32.2. The van der Waals surface area contributed by atoms with Crippen molar-refractivity contribution in [3.63, 3.8) is 0 Å². The van der Waals surface area contributed by atoms with Crippen LogP contribution in [0.1, 0.15) is 115 Å². The van der Waals surface area contributed by atoms with Gasteiger partial charge in [0.05, 0.1) is 48.6 Å². The zero-order valence-electron chi connectivity index (χ0n) is 36.4. The molecule has 0 radical (unpaired) electrons. The van der Waals surface area contributed by atoms with E-state index in [0.717, 1.165) is 87.3 Å². The minimum atomic E-state index is -3.86. The monoisotopic (exact) mass is 876 g/mol. The number of aromatic nitrogens is 1. The van der Waals surface area contributed by atoms with Crippen LogP contribution < -0.4 is 18.9 Å². The van der Waals surface area contributed by atoms with Crippen molar-refractivity contribution >= 4 is 44.4 Å². The van der Waals surface area contributed by atoms with E-state index in [1.807, 2.05) is 24.0 Å². The van der Waals surface area contributed by atoms with Crippen molar-refractivity contribution < 1.29 is 46.5 Å². The predicted molar refractivity (Wildman–Crippen MR) is 232 cm³/mol. The largest absolute Gasteiger partial charge is 0.496 e. The molecular formula is C47H64N4O10S. The Hall–Kier alpha value is -4.24. The fraction of sp³-hybridized carbons (Fsp3) is 0.681. The molecule has 1 aromatic heterocycles. The van der Waals surface area contributed by atoms with Crippen molar-refractivity contribution in [1.82, 2.24) is 19.5 Å². The van der Waals surface area contributed by atoms with E-state index in [2.05, 4.69) is 11.3 Å². The molecule has 0 spiro atoms. The van der Waals surface area contributed by atoms with E-state index >= 15 is 4.79 Å². The highest BCUT2D eigenvalue weighted by molar-refractivity contribution is 7.90. The van der Waals surface area contributed by atoms with Crippen LogP contribution in [0.2, 0.25) is 0 Å². The average molecular weight is 877 g/mol. The van der Waals surface area contributed by atoms with Crippen molar-refractivity contribution in [3.8, 4) is 17.4 Å². The lowest BCUT2D eigenvalue weighted by Crippen LogP contribution is -2.49. The number of rotatable bonds is 11. The molecule has 5 atom stereocenters. The molecular weight excluding hydrogens is 813 g/mol. The van der Waals surface area contributed by atoms with Gasteiger partial charge in [-0.25, -0.2) is 13.4 Å². The van der Waals surface area contributed by atoms with Gasteiger partial charge < -0.3 is 28.7 Å². The third kappa shape index (κ3) is 9.63. The number of piperidine rings is 1. The number of ether oxygens (including phenoxy) is 4. The van der Waals surface area contributed by atoms with Crippen molar-refractivity contribution in [2.45, 2.75) is 140 Å². The minimum Gasteiger partial charge on any atom is -0.496 e. The summed E-state index contributed by atoms with van der Waals surface area (Å²) >= 11 is 0. The summed E-state index contributed by atoms with van der Waals surface area (Å²) < 4.78 is 53.1. The topological polar surface area (TPSA) is 171 Å². The van der Waals surface area contributed by atoms with Gasteiger partial charge in [-0.15, -0.1) is 6.58 Å². The van der Waals surface area contributed by atoms with Gasteiger partial charge in [-0.3, -0.25) is 23.9 Å². The smallest absolute Gasteiger partial charge is 0.240 e. The molecule has 3 aliphatic carbocycles. The van der Waals surface area contributed by atoms with Crippen molar-refractivity contribution in [2.75, 3.05) is 40.0 Å². The average Bonchev–Trinajstić information content (AvgIpc) is 4.20. The van der Waals surface area contributed by atoms with Crippen LogP contribution >= 0.6 is 0 Å². The molecule has 5 heterocycles. The highest BCUT2D eigenvalue weighted by Gasteiger charge is 2.61. The Bertz CT molecular complexity index is 2130. The Balaban J connectivity index is 1.15. The standard InChI is InChI=1S/C47H64N4O10S/c1-4-32-27-47(32,46(55)49-62(56,57)35-15-16-35)28-40(52)39-23-34-29-51(39)45(54)36(30-12-8-6-9-13-30)24-44(53)50-19-17-33(18-20-50)60-21-11-7-10-14-31-22-37-38(25-41(31)58-3)48-43(59-5-2)26-42(37)61-34/h4,22,25-26,30,32-36,39H,1,5-21,23-24,27-29H2,2-3H3,(H,49,55)/t32-,34-,36-,39-,47+/m0/s1. The summed E-state index contributed by atoms with van der Waals surface area (Å²) in [6.07, 6.45) is 12.0. The number of carbonyl (C=O) groups is 4. The lowest BCUT2D eigenvalue weighted by atomic mass is 9.77. The number of amides is 3. The van der Waals surface area contributed by atoms with Gasteiger partial charge in [0.2, 0.25) is 33.6 Å². The summed E-state index contributed by atoms with van der Waals surface area (Å²) in [5, 5.41) is 0.142. The van der Waals surface area contributed by atoms with Crippen LogP contribution in [0, 0.1) is 23.2 Å². The number of hydrogen-bond donors (Lipinski definition) is 1. The molecule has 14 nitrogen and oxygen atoms in total. The van der Waals surface area contributed by atoms with Crippen molar-refractivity contribution in [1.29, 1.82) is 0 Å². The number of allylic oxidation sites excluding steroid dienone is 1. The van der Waals surface area contributed by atoms with Gasteiger partial charge in [-0.1, -0.05) is 31.8 Å². The summed E-state index contributed by atoms with van der Waals surface area (Å²) in [5.41, 5.74) is 0.344. The summed E-state index contributed by atoms with van der Waals surface area (Å²) in [4.78, 5) is 66.4. The second kappa shape index (κ2) is 18.8. The lowest BCUT2D eigenvalue weighted by Gasteiger charge is -2.36. The van der Waals surface area contributed by atoms with Crippen molar-refractivity contribution in [3.05, 3.63) is 36.4 Å². The number of pyridine rings is 1. The van der Waals surface area contributed by atoms with Crippen LogP contribution in [0.15, 0.2) is 30.9 Å². The quantitative estimate of drug-likeness (QED) is 0.260. The number of benzene rings is 1. The Morgan fingerprint density at radius 1 is 1.00 bits per heavy atom. The van der Waals surface area contributed by atoms with Gasteiger partial charge in [0.15, 0.2) is 5.78 Å². The first-order valence-electron chi connectivity index (χ1n) is 23.1. The van der Waals surface area contributed by atoms with Crippen LogP contribution in [0.5, 0.6) is 17.4 Å². The normalized spacial score (nSPS) is 29.1. The predicted octanol–water partition coefficient (Wildman–Crippen LogP) is 6.07. The van der Waals surface area contributed by atoms with Gasteiger partial charge in [0.1, 0.15) is 17.6 Å². The number of ketones is 1. The van der Waals surface area contributed by atoms with Gasteiger partial charge in [0, 0.05) is 62.4 Å². The van der Waals surface area contributed by atoms with E-state index in [0.29, 0.717) is 56.3 Å². The Labute approximate surface area is 365 Å². The molecule has 1 aromatic carbocycles. The number of nitrogens with one attached hydrogen (secondary N) is 1. The molecule has 4 aliphatic heterocycles. The first kappa shape index (κ1) is 44.4. The molecule has 5 fully saturated rings. The summed E-state index contributed by atoms with van der Waals surface area (Å²) in [7, 11) is -2.21. The lowest BCUT2D eigenvalue weighted by molar-refractivity contribution is -0.147. The fourth-order valence-corrected chi connectivity index (χ4v) is 11.9. The fourth-order valence-electron chi connectivity index (χ4n) is 10.5. The summed E-state index contributed by atoms with van der Waals surface area (Å²) in [5.74, 6) is -0.797. The molecule has 1 N–H and O–H groups in total.